The predicted molar refractivity (Wildman–Crippen MR) is 63.3 cm³/mol. The van der Waals surface area contributed by atoms with Crippen LogP contribution in [0.3, 0.4) is 0 Å². The number of nitrogens with two attached hydrogens (primary N) is 1. The molecule has 0 aliphatic heterocycles. The molecule has 2 N–H and O–H groups in total. The zero-order valence-electron chi connectivity index (χ0n) is 9.69. The Labute approximate surface area is 112 Å². The molecule has 1 amide bonds. The van der Waals surface area contributed by atoms with E-state index in [1.165, 1.54) is 0 Å². The molecule has 0 heterocycles. The van der Waals surface area contributed by atoms with Gasteiger partial charge in [-0.25, -0.2) is 12.8 Å². The minimum atomic E-state index is -4.41. The minimum absolute atomic E-state index is 0.145. The molecule has 19 heavy (non-hydrogen) atoms. The zero-order valence-corrected chi connectivity index (χ0v) is 11.3. The number of rotatable bonds is 5. The Morgan fingerprint density at radius 3 is 2.42 bits per heavy atom. The van der Waals surface area contributed by atoms with Crippen molar-refractivity contribution in [3.8, 4) is 5.75 Å². The fraction of sp³-hybridized carbons (Fsp3) is 0.300. The van der Waals surface area contributed by atoms with E-state index in [2.05, 4.69) is 0 Å². The van der Waals surface area contributed by atoms with Crippen LogP contribution in [-0.4, -0.2) is 20.4 Å². The van der Waals surface area contributed by atoms with Crippen molar-refractivity contribution >= 4 is 25.6 Å². The number of hydrogen-bond donors (Lipinski definition) is 1. The largest absolute Gasteiger partial charge is 0.477 e. The number of hydrogen-bond acceptors (Lipinski definition) is 4. The van der Waals surface area contributed by atoms with Crippen molar-refractivity contribution in [3.05, 3.63) is 23.8 Å². The molecule has 1 atom stereocenters. The average molecular weight is 314 g/mol. The second kappa shape index (κ2) is 5.70. The maximum absolute atomic E-state index is 13.6. The first-order valence-electron chi connectivity index (χ1n) is 5.07. The molecule has 1 rings (SSSR count). The Bertz CT molecular complexity index is 606. The van der Waals surface area contributed by atoms with Gasteiger partial charge in [0.2, 0.25) is 5.82 Å². The van der Waals surface area contributed by atoms with Gasteiger partial charge in [-0.2, -0.15) is 4.39 Å². The molecule has 0 fully saturated rings. The Kier molecular flexibility index (Phi) is 4.70. The van der Waals surface area contributed by atoms with Crippen molar-refractivity contribution in [1.29, 1.82) is 0 Å². The molecule has 5 nitrogen and oxygen atoms in total. The first-order valence-corrected chi connectivity index (χ1v) is 7.38. The fourth-order valence-corrected chi connectivity index (χ4v) is 2.18. The quantitative estimate of drug-likeness (QED) is 0.835. The van der Waals surface area contributed by atoms with Gasteiger partial charge in [-0.3, -0.25) is 4.79 Å². The third-order valence-electron chi connectivity index (χ3n) is 2.23. The molecule has 1 aromatic rings. The van der Waals surface area contributed by atoms with Crippen molar-refractivity contribution in [3.63, 3.8) is 0 Å². The van der Waals surface area contributed by atoms with Crippen molar-refractivity contribution < 1.29 is 26.7 Å². The highest BCUT2D eigenvalue weighted by Gasteiger charge is 2.24. The molecule has 0 aliphatic carbocycles. The molecule has 9 heteroatoms. The smallest absolute Gasteiger partial charge is 0.264 e. The highest BCUT2D eigenvalue weighted by Crippen LogP contribution is 2.28. The van der Waals surface area contributed by atoms with Crippen LogP contribution in [0.5, 0.6) is 5.75 Å². The molecule has 0 bridgehead atoms. The highest BCUT2D eigenvalue weighted by atomic mass is 35.7. The summed E-state index contributed by atoms with van der Waals surface area (Å²) in [5.74, 6) is -4.70. The number of benzene rings is 1. The van der Waals surface area contributed by atoms with Crippen molar-refractivity contribution in [1.82, 2.24) is 0 Å². The van der Waals surface area contributed by atoms with Crippen molar-refractivity contribution in [2.24, 2.45) is 5.73 Å². The first-order chi connectivity index (χ1) is 8.68. The third kappa shape index (κ3) is 3.54. The van der Waals surface area contributed by atoms with Gasteiger partial charge in [0, 0.05) is 10.7 Å². The lowest BCUT2D eigenvalue weighted by molar-refractivity contribution is -0.124. The monoisotopic (exact) mass is 313 g/mol. The van der Waals surface area contributed by atoms with Gasteiger partial charge in [-0.15, -0.1) is 0 Å². The summed E-state index contributed by atoms with van der Waals surface area (Å²) in [6.07, 6.45) is -1.00. The van der Waals surface area contributed by atoms with Gasteiger partial charge in [0.05, 0.1) is 0 Å². The molecule has 0 saturated carbocycles. The normalized spacial score (nSPS) is 13.1. The van der Waals surface area contributed by atoms with E-state index < -0.39 is 43.3 Å². The van der Waals surface area contributed by atoms with Gasteiger partial charge in [0.15, 0.2) is 17.7 Å². The van der Waals surface area contributed by atoms with Gasteiger partial charge in [0.25, 0.3) is 15.0 Å². The number of amides is 1. The molecule has 0 saturated heterocycles. The number of carbonyl (C=O) groups is 1. The second-order valence-electron chi connectivity index (χ2n) is 3.54. The van der Waals surface area contributed by atoms with E-state index in [1.807, 2.05) is 0 Å². The van der Waals surface area contributed by atoms with Gasteiger partial charge >= 0.3 is 0 Å². The molecule has 106 valence electrons. The van der Waals surface area contributed by atoms with Gasteiger partial charge in [0.1, 0.15) is 4.90 Å². The second-order valence-corrected chi connectivity index (χ2v) is 6.08. The zero-order chi connectivity index (χ0) is 14.8. The topological polar surface area (TPSA) is 86.5 Å². The van der Waals surface area contributed by atoms with E-state index >= 15 is 0 Å². The van der Waals surface area contributed by atoms with Crippen LogP contribution in [0.15, 0.2) is 17.0 Å². The van der Waals surface area contributed by atoms with Crippen LogP contribution < -0.4 is 10.5 Å². The van der Waals surface area contributed by atoms with Crippen molar-refractivity contribution in [2.75, 3.05) is 0 Å². The van der Waals surface area contributed by atoms with Crippen LogP contribution in [0.25, 0.3) is 0 Å². The summed E-state index contributed by atoms with van der Waals surface area (Å²) in [5, 5.41) is 0. The van der Waals surface area contributed by atoms with E-state index in [-0.39, 0.29) is 6.42 Å². The van der Waals surface area contributed by atoms with Crippen LogP contribution in [0.1, 0.15) is 13.3 Å². The first kappa shape index (κ1) is 15.6. The minimum Gasteiger partial charge on any atom is -0.477 e. The number of halogens is 3. The molecule has 1 aromatic carbocycles. The lowest BCUT2D eigenvalue weighted by atomic mass is 10.2. The van der Waals surface area contributed by atoms with E-state index in [1.54, 1.807) is 6.92 Å². The summed E-state index contributed by atoms with van der Waals surface area (Å²) in [6.45, 7) is 1.56. The summed E-state index contributed by atoms with van der Waals surface area (Å²) >= 11 is 0. The van der Waals surface area contributed by atoms with Crippen LogP contribution in [0.2, 0.25) is 0 Å². The van der Waals surface area contributed by atoms with Crippen molar-refractivity contribution in [2.45, 2.75) is 24.3 Å². The number of primary amides is 1. The number of carbonyl (C=O) groups excluding carboxylic acids is 1. The standard InChI is InChI=1S/C10H10ClF2NO4S/c1-2-5(10(14)15)18-6-3-4-7(19(11,16)17)9(13)8(6)12/h3-5H,2H2,1H3,(H2,14,15). The SMILES string of the molecule is CCC(Oc1ccc(S(=O)(=O)Cl)c(F)c1F)C(N)=O. The van der Waals surface area contributed by atoms with E-state index in [0.717, 1.165) is 12.1 Å². The van der Waals surface area contributed by atoms with Crippen LogP contribution in [0.4, 0.5) is 8.78 Å². The maximum atomic E-state index is 13.6. The molecule has 1 unspecified atom stereocenters. The lowest BCUT2D eigenvalue weighted by Gasteiger charge is -2.15. The Balaban J connectivity index is 3.21. The summed E-state index contributed by atoms with van der Waals surface area (Å²) in [7, 11) is 0.509. The summed E-state index contributed by atoms with van der Waals surface area (Å²) in [6, 6.07) is 1.60. The van der Waals surface area contributed by atoms with Gasteiger partial charge in [-0.05, 0) is 18.6 Å². The maximum Gasteiger partial charge on any atom is 0.264 e. The summed E-state index contributed by atoms with van der Waals surface area (Å²) in [4.78, 5) is 9.91. The molecular formula is C10H10ClF2NO4S. The average Bonchev–Trinajstić information content (AvgIpc) is 2.28. The summed E-state index contributed by atoms with van der Waals surface area (Å²) < 4.78 is 53.8. The molecular weight excluding hydrogens is 304 g/mol. The van der Waals surface area contributed by atoms with E-state index in [0.29, 0.717) is 0 Å². The molecule has 0 aromatic heterocycles. The van der Waals surface area contributed by atoms with Crippen LogP contribution in [-0.2, 0) is 13.8 Å². The fourth-order valence-electron chi connectivity index (χ4n) is 1.29. The Morgan fingerprint density at radius 2 is 2.00 bits per heavy atom. The molecule has 0 radical (unpaired) electrons. The molecule has 0 spiro atoms. The van der Waals surface area contributed by atoms with Gasteiger partial charge in [-0.1, -0.05) is 6.92 Å². The molecule has 0 aliphatic rings. The van der Waals surface area contributed by atoms with Crippen LogP contribution in [0, 0.1) is 11.6 Å². The Hall–Kier alpha value is -1.41. The highest BCUT2D eigenvalue weighted by molar-refractivity contribution is 8.13. The predicted octanol–water partition coefficient (Wildman–Crippen LogP) is 1.54. The lowest BCUT2D eigenvalue weighted by Crippen LogP contribution is -2.33. The third-order valence-corrected chi connectivity index (χ3v) is 3.57. The Morgan fingerprint density at radius 1 is 1.42 bits per heavy atom. The van der Waals surface area contributed by atoms with E-state index in [4.69, 9.17) is 21.2 Å². The number of ether oxygens (including phenoxy) is 1. The van der Waals surface area contributed by atoms with E-state index in [9.17, 15) is 22.0 Å². The van der Waals surface area contributed by atoms with Gasteiger partial charge < -0.3 is 10.5 Å². The summed E-state index contributed by atoms with van der Waals surface area (Å²) in [5.41, 5.74) is 4.99. The van der Waals surface area contributed by atoms with Crippen LogP contribution >= 0.6 is 10.7 Å².